The Bertz CT molecular complexity index is 908. The number of anilines is 1. The molecule has 0 saturated heterocycles. The standard InChI is InChI=1S/C23H23NO4/c1-26-20-12-13-22(27-2)21(16-20)24-23(25)18-8-10-19(11-9-18)28-15-14-17-6-4-3-5-7-17/h3-13,16H,14-15H2,1-2H3,(H,24,25). The normalized spacial score (nSPS) is 10.2. The van der Waals surface area contributed by atoms with Gasteiger partial charge in [-0.3, -0.25) is 4.79 Å². The van der Waals surface area contributed by atoms with Gasteiger partial charge in [0.05, 0.1) is 26.5 Å². The molecule has 0 spiro atoms. The Kier molecular flexibility index (Phi) is 6.52. The highest BCUT2D eigenvalue weighted by molar-refractivity contribution is 6.05. The molecule has 0 bridgehead atoms. The number of carbonyl (C=O) groups excluding carboxylic acids is 1. The zero-order chi connectivity index (χ0) is 19.8. The van der Waals surface area contributed by atoms with Gasteiger partial charge in [-0.1, -0.05) is 30.3 Å². The Morgan fingerprint density at radius 2 is 1.57 bits per heavy atom. The topological polar surface area (TPSA) is 56.8 Å². The van der Waals surface area contributed by atoms with Crippen LogP contribution in [-0.2, 0) is 6.42 Å². The molecule has 1 N–H and O–H groups in total. The summed E-state index contributed by atoms with van der Waals surface area (Å²) in [7, 11) is 3.13. The molecule has 3 aromatic rings. The molecule has 0 radical (unpaired) electrons. The highest BCUT2D eigenvalue weighted by Crippen LogP contribution is 2.29. The van der Waals surface area contributed by atoms with E-state index in [1.807, 2.05) is 18.2 Å². The van der Waals surface area contributed by atoms with E-state index < -0.39 is 0 Å². The molecule has 0 aliphatic carbocycles. The van der Waals surface area contributed by atoms with Gasteiger partial charge in [0.2, 0.25) is 0 Å². The second-order valence-corrected chi connectivity index (χ2v) is 6.13. The van der Waals surface area contributed by atoms with Crippen molar-refractivity contribution < 1.29 is 19.0 Å². The summed E-state index contributed by atoms with van der Waals surface area (Å²) in [6.07, 6.45) is 0.832. The number of carbonyl (C=O) groups is 1. The number of ether oxygens (including phenoxy) is 3. The molecule has 3 rings (SSSR count). The second-order valence-electron chi connectivity index (χ2n) is 6.13. The highest BCUT2D eigenvalue weighted by Gasteiger charge is 2.11. The molecule has 5 nitrogen and oxygen atoms in total. The first-order valence-corrected chi connectivity index (χ1v) is 9.00. The van der Waals surface area contributed by atoms with Crippen LogP contribution in [0, 0.1) is 0 Å². The number of rotatable bonds is 8. The lowest BCUT2D eigenvalue weighted by Crippen LogP contribution is -2.12. The van der Waals surface area contributed by atoms with Crippen LogP contribution in [0.15, 0.2) is 72.8 Å². The van der Waals surface area contributed by atoms with Crippen molar-refractivity contribution in [1.29, 1.82) is 0 Å². The Morgan fingerprint density at radius 3 is 2.25 bits per heavy atom. The molecule has 28 heavy (non-hydrogen) atoms. The zero-order valence-corrected chi connectivity index (χ0v) is 16.0. The first-order valence-electron chi connectivity index (χ1n) is 9.00. The lowest BCUT2D eigenvalue weighted by atomic mass is 10.1. The predicted octanol–water partition coefficient (Wildman–Crippen LogP) is 4.58. The van der Waals surface area contributed by atoms with E-state index in [9.17, 15) is 4.79 Å². The fourth-order valence-electron chi connectivity index (χ4n) is 2.74. The van der Waals surface area contributed by atoms with E-state index in [1.165, 1.54) is 5.56 Å². The average molecular weight is 377 g/mol. The number of benzene rings is 3. The van der Waals surface area contributed by atoms with Gasteiger partial charge in [-0.15, -0.1) is 0 Å². The third-order valence-electron chi connectivity index (χ3n) is 4.27. The van der Waals surface area contributed by atoms with Gasteiger partial charge in [-0.05, 0) is 42.0 Å². The fourth-order valence-corrected chi connectivity index (χ4v) is 2.74. The van der Waals surface area contributed by atoms with E-state index in [-0.39, 0.29) is 5.91 Å². The van der Waals surface area contributed by atoms with Gasteiger partial charge in [-0.25, -0.2) is 0 Å². The van der Waals surface area contributed by atoms with Crippen molar-refractivity contribution in [3.05, 3.63) is 83.9 Å². The minimum atomic E-state index is -0.234. The van der Waals surface area contributed by atoms with Crippen molar-refractivity contribution in [1.82, 2.24) is 0 Å². The fraction of sp³-hybridized carbons (Fsp3) is 0.174. The molecule has 3 aromatic carbocycles. The van der Waals surface area contributed by atoms with E-state index in [2.05, 4.69) is 17.4 Å². The van der Waals surface area contributed by atoms with Crippen molar-refractivity contribution in [2.45, 2.75) is 6.42 Å². The quantitative estimate of drug-likeness (QED) is 0.624. The average Bonchev–Trinajstić information content (AvgIpc) is 2.75. The van der Waals surface area contributed by atoms with Crippen molar-refractivity contribution in [3.8, 4) is 17.2 Å². The SMILES string of the molecule is COc1ccc(OC)c(NC(=O)c2ccc(OCCc3ccccc3)cc2)c1. The van der Waals surface area contributed by atoms with Crippen LogP contribution in [0.3, 0.4) is 0 Å². The molecule has 0 fully saturated rings. The van der Waals surface area contributed by atoms with Gasteiger partial charge in [0.1, 0.15) is 17.2 Å². The maximum absolute atomic E-state index is 12.5. The lowest BCUT2D eigenvalue weighted by Gasteiger charge is -2.12. The van der Waals surface area contributed by atoms with Gasteiger partial charge in [-0.2, -0.15) is 0 Å². The number of nitrogens with one attached hydrogen (secondary N) is 1. The van der Waals surface area contributed by atoms with Crippen molar-refractivity contribution in [2.24, 2.45) is 0 Å². The van der Waals surface area contributed by atoms with E-state index >= 15 is 0 Å². The number of hydrogen-bond acceptors (Lipinski definition) is 4. The Morgan fingerprint density at radius 1 is 0.857 bits per heavy atom. The van der Waals surface area contributed by atoms with Crippen molar-refractivity contribution in [3.63, 3.8) is 0 Å². The summed E-state index contributed by atoms with van der Waals surface area (Å²) in [6, 6.07) is 22.5. The Hall–Kier alpha value is -3.47. The molecule has 0 atom stereocenters. The van der Waals surface area contributed by atoms with E-state index in [0.717, 1.165) is 12.2 Å². The molecular formula is C23H23NO4. The van der Waals surface area contributed by atoms with Crippen molar-refractivity contribution in [2.75, 3.05) is 26.1 Å². The molecule has 0 saturated carbocycles. The summed E-state index contributed by atoms with van der Waals surface area (Å²) >= 11 is 0. The first-order chi connectivity index (χ1) is 13.7. The van der Waals surface area contributed by atoms with Crippen LogP contribution in [0.2, 0.25) is 0 Å². The number of hydrogen-bond donors (Lipinski definition) is 1. The molecule has 0 aliphatic rings. The van der Waals surface area contributed by atoms with Crippen LogP contribution in [0.5, 0.6) is 17.2 Å². The summed E-state index contributed by atoms with van der Waals surface area (Å²) in [5.41, 5.74) is 2.31. The molecule has 144 valence electrons. The van der Waals surface area contributed by atoms with Crippen LogP contribution in [-0.4, -0.2) is 26.7 Å². The maximum Gasteiger partial charge on any atom is 0.255 e. The van der Waals surface area contributed by atoms with Gasteiger partial charge in [0, 0.05) is 18.1 Å². The van der Waals surface area contributed by atoms with E-state index in [4.69, 9.17) is 14.2 Å². The summed E-state index contributed by atoms with van der Waals surface area (Å²) < 4.78 is 16.3. The number of methoxy groups -OCH3 is 2. The molecule has 0 unspecified atom stereocenters. The summed E-state index contributed by atoms with van der Waals surface area (Å²) in [5, 5.41) is 2.85. The monoisotopic (exact) mass is 377 g/mol. The van der Waals surface area contributed by atoms with Gasteiger partial charge in [0.25, 0.3) is 5.91 Å². The molecular weight excluding hydrogens is 354 g/mol. The molecule has 0 aliphatic heterocycles. The smallest absolute Gasteiger partial charge is 0.255 e. The van der Waals surface area contributed by atoms with Crippen LogP contribution in [0.25, 0.3) is 0 Å². The van der Waals surface area contributed by atoms with E-state index in [0.29, 0.717) is 29.4 Å². The van der Waals surface area contributed by atoms with Gasteiger partial charge >= 0.3 is 0 Å². The first kappa shape index (κ1) is 19.3. The summed E-state index contributed by atoms with van der Waals surface area (Å²) in [4.78, 5) is 12.5. The van der Waals surface area contributed by atoms with Crippen LogP contribution in [0.4, 0.5) is 5.69 Å². The van der Waals surface area contributed by atoms with Crippen molar-refractivity contribution >= 4 is 11.6 Å². The van der Waals surface area contributed by atoms with Gasteiger partial charge in [0.15, 0.2) is 0 Å². The summed E-state index contributed by atoms with van der Waals surface area (Å²) in [6.45, 7) is 0.580. The lowest BCUT2D eigenvalue weighted by molar-refractivity contribution is 0.102. The minimum Gasteiger partial charge on any atom is -0.497 e. The minimum absolute atomic E-state index is 0.234. The largest absolute Gasteiger partial charge is 0.497 e. The zero-order valence-electron chi connectivity index (χ0n) is 16.0. The van der Waals surface area contributed by atoms with E-state index in [1.54, 1.807) is 56.7 Å². The Balaban J connectivity index is 1.59. The molecule has 1 amide bonds. The third-order valence-corrected chi connectivity index (χ3v) is 4.27. The molecule has 0 aromatic heterocycles. The maximum atomic E-state index is 12.5. The summed E-state index contributed by atoms with van der Waals surface area (Å²) in [5.74, 6) is 1.70. The van der Waals surface area contributed by atoms with Crippen LogP contribution >= 0.6 is 0 Å². The third kappa shape index (κ3) is 5.04. The number of amides is 1. The van der Waals surface area contributed by atoms with Crippen LogP contribution in [0.1, 0.15) is 15.9 Å². The highest BCUT2D eigenvalue weighted by atomic mass is 16.5. The van der Waals surface area contributed by atoms with Gasteiger partial charge < -0.3 is 19.5 Å². The Labute approximate surface area is 164 Å². The molecule has 5 heteroatoms. The van der Waals surface area contributed by atoms with Crippen LogP contribution < -0.4 is 19.5 Å². The molecule has 0 heterocycles. The predicted molar refractivity (Wildman–Crippen MR) is 110 cm³/mol. The second kappa shape index (κ2) is 9.46.